The van der Waals surface area contributed by atoms with Gasteiger partial charge in [0.2, 0.25) is 5.91 Å². The van der Waals surface area contributed by atoms with Crippen LogP contribution in [-0.2, 0) is 26.2 Å². The average molecular weight is 607 g/mol. The number of hydrogen-bond donors (Lipinski definition) is 2. The van der Waals surface area contributed by atoms with Gasteiger partial charge in [0.25, 0.3) is 15.9 Å². The lowest BCUT2D eigenvalue weighted by molar-refractivity contribution is -0.697. The lowest BCUT2D eigenvalue weighted by atomic mass is 10.2. The maximum atomic E-state index is 12.9. The molecule has 0 saturated carbocycles. The molecular weight excluding hydrogens is 578 g/mol. The quantitative estimate of drug-likeness (QED) is 0.191. The molecule has 0 bridgehead atoms. The highest BCUT2D eigenvalue weighted by Gasteiger charge is 2.17. The smallest absolute Gasteiger partial charge is 0.264 e. The first kappa shape index (κ1) is 30.2. The van der Waals surface area contributed by atoms with Crippen LogP contribution in [0.4, 0.5) is 5.69 Å². The fourth-order valence-electron chi connectivity index (χ4n) is 3.40. The Balaban J connectivity index is 0.00000481. The molecule has 1 heterocycles. The summed E-state index contributed by atoms with van der Waals surface area (Å²) in [5.74, 6) is -1.11. The van der Waals surface area contributed by atoms with Crippen LogP contribution in [0, 0.1) is 0 Å². The van der Waals surface area contributed by atoms with E-state index >= 15 is 0 Å². The van der Waals surface area contributed by atoms with Crippen molar-refractivity contribution in [1.29, 1.82) is 0 Å². The highest BCUT2D eigenvalue weighted by Crippen LogP contribution is 2.26. The summed E-state index contributed by atoms with van der Waals surface area (Å²) in [5, 5.41) is 2.71. The molecule has 2 N–H and O–H groups in total. The van der Waals surface area contributed by atoms with Gasteiger partial charge in [0, 0.05) is 42.5 Å². The van der Waals surface area contributed by atoms with E-state index in [0.717, 1.165) is 44.5 Å². The first-order chi connectivity index (χ1) is 17.2. The zero-order valence-corrected chi connectivity index (χ0v) is 23.4. The van der Waals surface area contributed by atoms with Crippen LogP contribution in [0.25, 0.3) is 0 Å². The molecule has 3 aromatic rings. The van der Waals surface area contributed by atoms with E-state index in [1.807, 2.05) is 35.3 Å². The molecule has 1 aromatic heterocycles. The van der Waals surface area contributed by atoms with Crippen molar-refractivity contribution in [2.24, 2.45) is 0 Å². The molecule has 0 spiro atoms. The van der Waals surface area contributed by atoms with Gasteiger partial charge in [-0.2, -0.15) is 0 Å². The topological polar surface area (TPSA) is 113 Å². The van der Waals surface area contributed by atoms with E-state index in [-0.39, 0.29) is 27.0 Å². The number of nitrogens with one attached hydrogen (secondary N) is 2. The number of amides is 2. The molecule has 196 valence electrons. The molecule has 0 unspecified atom stereocenters. The Morgan fingerprint density at radius 3 is 2.22 bits per heavy atom. The zero-order valence-electron chi connectivity index (χ0n) is 20.2. The van der Waals surface area contributed by atoms with E-state index in [2.05, 4.69) is 9.88 Å². The van der Waals surface area contributed by atoms with Gasteiger partial charge in [0.1, 0.15) is 6.54 Å². The number of aromatic nitrogens is 1. The maximum Gasteiger partial charge on any atom is 0.264 e. The first-order valence-corrected chi connectivity index (χ1v) is 13.7. The summed E-state index contributed by atoms with van der Waals surface area (Å²) >= 11 is 1.05. The summed E-state index contributed by atoms with van der Waals surface area (Å²) in [7, 11) is -3.96. The normalized spacial score (nSPS) is 10.7. The fourth-order valence-corrected chi connectivity index (χ4v) is 5.30. The number of rotatable bonds is 11. The summed E-state index contributed by atoms with van der Waals surface area (Å²) in [4.78, 5) is 36.9. The van der Waals surface area contributed by atoms with Crippen molar-refractivity contribution in [1.82, 2.24) is 4.72 Å². The van der Waals surface area contributed by atoms with Gasteiger partial charge >= 0.3 is 0 Å². The Hall–Kier alpha value is -3.02. The third-order valence-corrected chi connectivity index (χ3v) is 7.59. The number of pyridine rings is 1. The number of hydrogen-bond acceptors (Lipinski definition) is 6. The minimum atomic E-state index is -3.96. The van der Waals surface area contributed by atoms with Crippen LogP contribution < -0.4 is 31.6 Å². The van der Waals surface area contributed by atoms with Crippen molar-refractivity contribution in [2.75, 3.05) is 5.32 Å². The van der Waals surface area contributed by atoms with Gasteiger partial charge in [-0.3, -0.25) is 14.4 Å². The van der Waals surface area contributed by atoms with Crippen LogP contribution in [0.5, 0.6) is 0 Å². The molecular formula is C26H28BrN3O5S2. The highest BCUT2D eigenvalue weighted by molar-refractivity contribution is 8.13. The number of nitrogens with zero attached hydrogens (tertiary/aromatic N) is 1. The largest absolute Gasteiger partial charge is 1.00 e. The zero-order chi connectivity index (χ0) is 26.0. The number of carbonyl (C=O) groups excluding carboxylic acids is 3. The second-order valence-electron chi connectivity index (χ2n) is 8.03. The highest BCUT2D eigenvalue weighted by atomic mass is 79.9. The number of halogens is 1. The molecule has 0 fully saturated rings. The summed E-state index contributed by atoms with van der Waals surface area (Å²) in [5.41, 5.74) is 0.732. The third-order valence-electron chi connectivity index (χ3n) is 5.13. The average Bonchev–Trinajstić information content (AvgIpc) is 2.84. The Bertz CT molecular complexity index is 1320. The molecule has 11 heteroatoms. The minimum Gasteiger partial charge on any atom is -1.00 e. The van der Waals surface area contributed by atoms with Crippen molar-refractivity contribution >= 4 is 44.4 Å². The SMILES string of the molecule is CC(=O)NS(=O)(=O)c1ccc(NC(=O)c2ccccc2SC(=O)CCCCC[n+]2ccccc2)cc1.[Br-]. The number of benzene rings is 2. The van der Waals surface area contributed by atoms with Crippen LogP contribution in [0.3, 0.4) is 0 Å². The monoisotopic (exact) mass is 605 g/mol. The third kappa shape index (κ3) is 9.75. The van der Waals surface area contributed by atoms with Crippen molar-refractivity contribution < 1.29 is 44.3 Å². The lowest BCUT2D eigenvalue weighted by Gasteiger charge is -2.10. The number of thioether (sulfide) groups is 1. The second-order valence-corrected chi connectivity index (χ2v) is 10.8. The lowest BCUT2D eigenvalue weighted by Crippen LogP contribution is -3.00. The molecule has 0 aliphatic carbocycles. The summed E-state index contributed by atoms with van der Waals surface area (Å²) < 4.78 is 28.1. The van der Waals surface area contributed by atoms with E-state index in [0.29, 0.717) is 22.6 Å². The van der Waals surface area contributed by atoms with Crippen LogP contribution in [0.2, 0.25) is 0 Å². The van der Waals surface area contributed by atoms with Crippen molar-refractivity contribution in [2.45, 2.75) is 48.9 Å². The minimum absolute atomic E-state index is 0. The van der Waals surface area contributed by atoms with Gasteiger partial charge in [-0.25, -0.2) is 17.7 Å². The molecule has 0 atom stereocenters. The van der Waals surface area contributed by atoms with E-state index in [1.54, 1.807) is 24.3 Å². The van der Waals surface area contributed by atoms with Gasteiger partial charge in [0.05, 0.1) is 10.5 Å². The second kappa shape index (κ2) is 14.7. The Morgan fingerprint density at radius 1 is 0.865 bits per heavy atom. The van der Waals surface area contributed by atoms with Gasteiger partial charge < -0.3 is 22.3 Å². The van der Waals surface area contributed by atoms with Gasteiger partial charge in [-0.05, 0) is 49.2 Å². The number of unbranched alkanes of at least 4 members (excludes halogenated alkanes) is 2. The molecule has 0 aliphatic heterocycles. The maximum absolute atomic E-state index is 12.9. The molecule has 2 aromatic carbocycles. The summed E-state index contributed by atoms with van der Waals surface area (Å²) in [6, 6.07) is 18.3. The molecule has 0 saturated heterocycles. The molecule has 2 amide bonds. The predicted octanol–water partition coefficient (Wildman–Crippen LogP) is 0.935. The van der Waals surface area contributed by atoms with E-state index in [9.17, 15) is 22.8 Å². The number of sulfonamides is 1. The summed E-state index contributed by atoms with van der Waals surface area (Å²) in [6.45, 7) is 2.02. The van der Waals surface area contributed by atoms with Gasteiger partial charge in [0.15, 0.2) is 17.5 Å². The van der Waals surface area contributed by atoms with Crippen LogP contribution in [0.15, 0.2) is 88.9 Å². The van der Waals surface area contributed by atoms with Crippen molar-refractivity contribution in [3.8, 4) is 0 Å². The van der Waals surface area contributed by atoms with Crippen LogP contribution >= 0.6 is 11.8 Å². The number of carbonyl (C=O) groups is 3. The molecule has 3 rings (SSSR count). The summed E-state index contributed by atoms with van der Waals surface area (Å²) in [6.07, 6.45) is 7.16. The Morgan fingerprint density at radius 2 is 1.54 bits per heavy atom. The first-order valence-electron chi connectivity index (χ1n) is 11.4. The van der Waals surface area contributed by atoms with Crippen molar-refractivity contribution in [3.63, 3.8) is 0 Å². The predicted molar refractivity (Wildman–Crippen MR) is 138 cm³/mol. The number of aryl methyl sites for hydroxylation is 1. The van der Waals surface area contributed by atoms with Gasteiger partial charge in [-0.15, -0.1) is 0 Å². The molecule has 0 radical (unpaired) electrons. The number of anilines is 1. The van der Waals surface area contributed by atoms with Crippen LogP contribution in [0.1, 0.15) is 43.0 Å². The van der Waals surface area contributed by atoms with Gasteiger partial charge in [-0.1, -0.05) is 30.0 Å². The Labute approximate surface area is 231 Å². The Kier molecular flexibility index (Phi) is 12.0. The van der Waals surface area contributed by atoms with E-state index < -0.39 is 21.8 Å². The van der Waals surface area contributed by atoms with E-state index in [1.165, 1.54) is 24.3 Å². The molecule has 37 heavy (non-hydrogen) atoms. The van der Waals surface area contributed by atoms with Crippen molar-refractivity contribution in [3.05, 3.63) is 84.7 Å². The van der Waals surface area contributed by atoms with E-state index in [4.69, 9.17) is 0 Å². The van der Waals surface area contributed by atoms with Crippen LogP contribution in [-0.4, -0.2) is 25.3 Å². The fraction of sp³-hybridized carbons (Fsp3) is 0.231. The molecule has 0 aliphatic rings. The molecule has 8 nitrogen and oxygen atoms in total. The standard InChI is InChI=1S/C26H27N3O5S2.BrH/c1-20(30)28-36(33,34)22-15-13-21(14-16-22)27-26(32)23-10-5-6-11-24(23)35-25(31)12-4-2-7-17-29-18-8-3-9-19-29;/h3,5-6,8-11,13-16,18-19H,2,4,7,12,17H2,1H3,(H-,27,28,30,32);1H.